The molecule has 176 valence electrons. The summed E-state index contributed by atoms with van der Waals surface area (Å²) < 4.78 is 5.09. The van der Waals surface area contributed by atoms with Crippen LogP contribution in [0.2, 0.25) is 0 Å². The van der Waals surface area contributed by atoms with Gasteiger partial charge in [-0.3, -0.25) is 14.5 Å². The van der Waals surface area contributed by atoms with Gasteiger partial charge in [0.1, 0.15) is 5.75 Å². The van der Waals surface area contributed by atoms with Crippen molar-refractivity contribution in [3.63, 3.8) is 0 Å². The third-order valence-corrected chi connectivity index (χ3v) is 5.51. The molecule has 33 heavy (non-hydrogen) atoms. The molecule has 3 N–H and O–H groups in total. The van der Waals surface area contributed by atoms with Crippen molar-refractivity contribution in [1.29, 1.82) is 0 Å². The van der Waals surface area contributed by atoms with Gasteiger partial charge in [0, 0.05) is 44.0 Å². The fraction of sp³-hybridized carbons (Fsp3) is 0.375. The molecule has 0 aliphatic carbocycles. The molecule has 1 saturated heterocycles. The molecule has 0 spiro atoms. The van der Waals surface area contributed by atoms with Crippen LogP contribution in [0.5, 0.6) is 5.75 Å². The van der Waals surface area contributed by atoms with Gasteiger partial charge in [-0.1, -0.05) is 6.92 Å². The molecule has 0 bridgehead atoms. The van der Waals surface area contributed by atoms with E-state index in [1.54, 1.807) is 49.6 Å². The molecule has 0 radical (unpaired) electrons. The molecule has 1 fully saturated rings. The molecule has 2 aromatic rings. The van der Waals surface area contributed by atoms with E-state index in [4.69, 9.17) is 4.74 Å². The number of aromatic carboxylic acids is 1. The van der Waals surface area contributed by atoms with Crippen molar-refractivity contribution in [2.24, 2.45) is 0 Å². The second-order valence-corrected chi connectivity index (χ2v) is 7.83. The monoisotopic (exact) mass is 454 g/mol. The maximum absolute atomic E-state index is 12.6. The lowest BCUT2D eigenvalue weighted by atomic mass is 10.1. The number of carboxylic acids is 1. The number of carbonyl (C=O) groups is 3. The minimum absolute atomic E-state index is 0.0235. The SMILES string of the molecule is CCCNC(=O)CN1CCN(c2ccc(NC(=O)c3ccc(OC)cc3)c(C(=O)O)c2)CC1. The summed E-state index contributed by atoms with van der Waals surface area (Å²) in [6.45, 7) is 5.83. The second-order valence-electron chi connectivity index (χ2n) is 7.83. The van der Waals surface area contributed by atoms with Gasteiger partial charge in [0.05, 0.1) is 24.9 Å². The van der Waals surface area contributed by atoms with E-state index in [2.05, 4.69) is 20.4 Å². The Morgan fingerprint density at radius 2 is 1.73 bits per heavy atom. The van der Waals surface area contributed by atoms with Crippen LogP contribution < -0.4 is 20.3 Å². The van der Waals surface area contributed by atoms with Crippen molar-refractivity contribution < 1.29 is 24.2 Å². The molecular weight excluding hydrogens is 424 g/mol. The summed E-state index contributed by atoms with van der Waals surface area (Å²) in [4.78, 5) is 40.6. The second kappa shape index (κ2) is 11.3. The number of hydrogen-bond donors (Lipinski definition) is 3. The van der Waals surface area contributed by atoms with Crippen molar-refractivity contribution in [2.75, 3.05) is 56.6 Å². The highest BCUT2D eigenvalue weighted by Gasteiger charge is 2.21. The number of rotatable bonds is 9. The van der Waals surface area contributed by atoms with Gasteiger partial charge in [-0.25, -0.2) is 4.79 Å². The summed E-state index contributed by atoms with van der Waals surface area (Å²) in [7, 11) is 1.54. The summed E-state index contributed by atoms with van der Waals surface area (Å²) >= 11 is 0. The highest BCUT2D eigenvalue weighted by Crippen LogP contribution is 2.25. The highest BCUT2D eigenvalue weighted by molar-refractivity contribution is 6.08. The smallest absolute Gasteiger partial charge is 0.337 e. The van der Waals surface area contributed by atoms with Crippen molar-refractivity contribution in [2.45, 2.75) is 13.3 Å². The van der Waals surface area contributed by atoms with E-state index < -0.39 is 11.9 Å². The van der Waals surface area contributed by atoms with Crippen LogP contribution in [-0.2, 0) is 4.79 Å². The van der Waals surface area contributed by atoms with Gasteiger partial charge in [-0.15, -0.1) is 0 Å². The minimum atomic E-state index is -1.12. The molecule has 1 aliphatic heterocycles. The first-order valence-electron chi connectivity index (χ1n) is 11.0. The molecule has 2 aromatic carbocycles. The van der Waals surface area contributed by atoms with Gasteiger partial charge < -0.3 is 25.4 Å². The van der Waals surface area contributed by atoms with Crippen molar-refractivity contribution in [3.8, 4) is 5.75 Å². The minimum Gasteiger partial charge on any atom is -0.497 e. The van der Waals surface area contributed by atoms with Crippen LogP contribution in [0.15, 0.2) is 42.5 Å². The van der Waals surface area contributed by atoms with E-state index in [-0.39, 0.29) is 17.2 Å². The Bertz CT molecular complexity index is 985. The van der Waals surface area contributed by atoms with Crippen LogP contribution in [0.4, 0.5) is 11.4 Å². The van der Waals surface area contributed by atoms with Crippen LogP contribution in [0.1, 0.15) is 34.1 Å². The molecule has 1 heterocycles. The molecule has 0 aromatic heterocycles. The van der Waals surface area contributed by atoms with Crippen LogP contribution in [-0.4, -0.2) is 74.2 Å². The lowest BCUT2D eigenvalue weighted by Gasteiger charge is -2.36. The van der Waals surface area contributed by atoms with Gasteiger partial charge >= 0.3 is 5.97 Å². The number of nitrogens with one attached hydrogen (secondary N) is 2. The third-order valence-electron chi connectivity index (χ3n) is 5.51. The predicted octanol–water partition coefficient (Wildman–Crippen LogP) is 2.29. The number of hydrogen-bond acceptors (Lipinski definition) is 6. The lowest BCUT2D eigenvalue weighted by Crippen LogP contribution is -2.49. The Morgan fingerprint density at radius 3 is 2.33 bits per heavy atom. The molecule has 0 saturated carbocycles. The first kappa shape index (κ1) is 24.1. The van der Waals surface area contributed by atoms with Crippen LogP contribution >= 0.6 is 0 Å². The van der Waals surface area contributed by atoms with Crippen molar-refractivity contribution >= 4 is 29.2 Å². The molecule has 9 heteroatoms. The van der Waals surface area contributed by atoms with E-state index in [0.717, 1.165) is 12.1 Å². The van der Waals surface area contributed by atoms with E-state index in [0.29, 0.717) is 50.6 Å². The number of anilines is 2. The number of carboxylic acid groups (broad SMARTS) is 1. The number of nitrogens with zero attached hydrogens (tertiary/aromatic N) is 2. The molecule has 0 unspecified atom stereocenters. The van der Waals surface area contributed by atoms with Crippen LogP contribution in [0, 0.1) is 0 Å². The first-order chi connectivity index (χ1) is 15.9. The Hall–Kier alpha value is -3.59. The normalized spacial score (nSPS) is 13.9. The van der Waals surface area contributed by atoms with E-state index in [1.807, 2.05) is 6.92 Å². The van der Waals surface area contributed by atoms with E-state index >= 15 is 0 Å². The Labute approximate surface area is 193 Å². The maximum Gasteiger partial charge on any atom is 0.337 e. The number of piperazine rings is 1. The quantitative estimate of drug-likeness (QED) is 0.533. The largest absolute Gasteiger partial charge is 0.497 e. The average molecular weight is 455 g/mol. The first-order valence-corrected chi connectivity index (χ1v) is 11.0. The van der Waals surface area contributed by atoms with E-state index in [1.165, 1.54) is 0 Å². The van der Waals surface area contributed by atoms with Crippen molar-refractivity contribution in [3.05, 3.63) is 53.6 Å². The average Bonchev–Trinajstić information content (AvgIpc) is 2.83. The summed E-state index contributed by atoms with van der Waals surface area (Å²) in [5, 5.41) is 15.3. The van der Waals surface area contributed by atoms with Crippen LogP contribution in [0.3, 0.4) is 0 Å². The van der Waals surface area contributed by atoms with Gasteiger partial charge in [0.15, 0.2) is 0 Å². The van der Waals surface area contributed by atoms with E-state index in [9.17, 15) is 19.5 Å². The number of methoxy groups -OCH3 is 1. The summed E-state index contributed by atoms with van der Waals surface area (Å²) in [5.41, 5.74) is 1.43. The lowest BCUT2D eigenvalue weighted by molar-refractivity contribution is -0.122. The van der Waals surface area contributed by atoms with Gasteiger partial charge in [-0.05, 0) is 48.9 Å². The predicted molar refractivity (Wildman–Crippen MR) is 126 cm³/mol. The van der Waals surface area contributed by atoms with Crippen LogP contribution in [0.25, 0.3) is 0 Å². The van der Waals surface area contributed by atoms with Gasteiger partial charge in [-0.2, -0.15) is 0 Å². The molecule has 1 aliphatic rings. The Kier molecular flexibility index (Phi) is 8.26. The number of carbonyl (C=O) groups excluding carboxylic acids is 2. The zero-order valence-electron chi connectivity index (χ0n) is 19.0. The molecule has 3 rings (SSSR count). The third kappa shape index (κ3) is 6.45. The topological polar surface area (TPSA) is 111 Å². The Balaban J connectivity index is 1.64. The van der Waals surface area contributed by atoms with Gasteiger partial charge in [0.25, 0.3) is 5.91 Å². The maximum atomic E-state index is 12.6. The summed E-state index contributed by atoms with van der Waals surface area (Å²) in [6.07, 6.45) is 0.905. The highest BCUT2D eigenvalue weighted by atomic mass is 16.5. The van der Waals surface area contributed by atoms with Gasteiger partial charge in [0.2, 0.25) is 5.91 Å². The fourth-order valence-corrected chi connectivity index (χ4v) is 3.64. The molecule has 9 nitrogen and oxygen atoms in total. The Morgan fingerprint density at radius 1 is 1.03 bits per heavy atom. The molecule has 0 atom stereocenters. The zero-order valence-corrected chi connectivity index (χ0v) is 19.0. The summed E-state index contributed by atoms with van der Waals surface area (Å²) in [6, 6.07) is 11.6. The summed E-state index contributed by atoms with van der Waals surface area (Å²) in [5.74, 6) is -0.866. The zero-order chi connectivity index (χ0) is 23.8. The molecule has 2 amide bonds. The number of ether oxygens (including phenoxy) is 1. The standard InChI is InChI=1S/C24H30N4O5/c1-3-10-25-22(29)16-27-11-13-28(14-12-27)18-6-9-21(20(15-18)24(31)32)26-23(30)17-4-7-19(33-2)8-5-17/h4-9,15H,3,10-14,16H2,1-2H3,(H,25,29)(H,26,30)(H,31,32). The number of benzene rings is 2. The number of amides is 2. The fourth-order valence-electron chi connectivity index (χ4n) is 3.64. The molecular formula is C24H30N4O5. The van der Waals surface area contributed by atoms with Crippen molar-refractivity contribution in [1.82, 2.24) is 10.2 Å².